The van der Waals surface area contributed by atoms with Crippen molar-refractivity contribution in [2.24, 2.45) is 0 Å². The van der Waals surface area contributed by atoms with Crippen LogP contribution < -0.4 is 4.74 Å². The molecule has 0 bridgehead atoms. The van der Waals surface area contributed by atoms with Gasteiger partial charge in [0.15, 0.2) is 5.65 Å². The van der Waals surface area contributed by atoms with Crippen molar-refractivity contribution in [3.8, 4) is 28.4 Å². The molecule has 4 aromatic heterocycles. The van der Waals surface area contributed by atoms with E-state index in [0.717, 1.165) is 51.1 Å². The predicted molar refractivity (Wildman–Crippen MR) is 114 cm³/mol. The quantitative estimate of drug-likeness (QED) is 0.477. The summed E-state index contributed by atoms with van der Waals surface area (Å²) in [7, 11) is 0. The molecule has 30 heavy (non-hydrogen) atoms. The largest absolute Gasteiger partial charge is 0.486 e. The van der Waals surface area contributed by atoms with Crippen LogP contribution in [0.15, 0.2) is 67.1 Å². The van der Waals surface area contributed by atoms with Crippen LogP contribution in [0.3, 0.4) is 0 Å². The van der Waals surface area contributed by atoms with Gasteiger partial charge >= 0.3 is 0 Å². The highest BCUT2D eigenvalue weighted by Crippen LogP contribution is 2.29. The molecule has 0 atom stereocenters. The Kier molecular flexibility index (Phi) is 4.48. The zero-order valence-electron chi connectivity index (χ0n) is 16.7. The number of fused-ring (bicyclic) bond motifs is 1. The first-order valence-electron chi connectivity index (χ1n) is 9.68. The molecule has 1 aromatic carbocycles. The number of rotatable bonds is 5. The van der Waals surface area contributed by atoms with E-state index in [-0.39, 0.29) is 0 Å². The maximum absolute atomic E-state index is 5.95. The molecule has 148 valence electrons. The van der Waals surface area contributed by atoms with Gasteiger partial charge in [-0.3, -0.25) is 4.98 Å². The van der Waals surface area contributed by atoms with E-state index in [9.17, 15) is 0 Å². The highest BCUT2D eigenvalue weighted by Gasteiger charge is 2.16. The number of aromatic amines is 1. The Morgan fingerprint density at radius 2 is 1.90 bits per heavy atom. The van der Waals surface area contributed by atoms with Gasteiger partial charge in [-0.05, 0) is 55.8 Å². The lowest BCUT2D eigenvalue weighted by Crippen LogP contribution is -1.98. The van der Waals surface area contributed by atoms with Gasteiger partial charge in [-0.25, -0.2) is 14.5 Å². The molecule has 4 heterocycles. The predicted octanol–water partition coefficient (Wildman–Crippen LogP) is 4.38. The Hall–Kier alpha value is -4.00. The van der Waals surface area contributed by atoms with Crippen molar-refractivity contribution in [3.05, 3.63) is 84.2 Å². The normalized spacial score (nSPS) is 11.1. The van der Waals surface area contributed by atoms with Crippen LogP contribution in [0.25, 0.3) is 28.3 Å². The van der Waals surface area contributed by atoms with Crippen LogP contribution in [0.5, 0.6) is 5.75 Å². The van der Waals surface area contributed by atoms with Gasteiger partial charge in [0.25, 0.3) is 0 Å². The van der Waals surface area contributed by atoms with Gasteiger partial charge in [-0.2, -0.15) is 5.10 Å². The lowest BCUT2D eigenvalue weighted by molar-refractivity contribution is 0.297. The van der Waals surface area contributed by atoms with E-state index in [0.29, 0.717) is 6.61 Å². The zero-order chi connectivity index (χ0) is 20.5. The van der Waals surface area contributed by atoms with E-state index in [1.165, 1.54) is 6.33 Å². The Balaban J connectivity index is 1.55. The third-order valence-corrected chi connectivity index (χ3v) is 4.81. The summed E-state index contributed by atoms with van der Waals surface area (Å²) in [6, 6.07) is 17.8. The second-order valence-electron chi connectivity index (χ2n) is 7.16. The van der Waals surface area contributed by atoms with Crippen molar-refractivity contribution in [1.29, 1.82) is 0 Å². The first-order valence-corrected chi connectivity index (χ1v) is 9.68. The molecule has 0 unspecified atom stereocenters. The fourth-order valence-electron chi connectivity index (χ4n) is 3.38. The Morgan fingerprint density at radius 3 is 2.77 bits per heavy atom. The molecular weight excluding hydrogens is 376 g/mol. The molecule has 7 nitrogen and oxygen atoms in total. The molecule has 0 aliphatic carbocycles. The van der Waals surface area contributed by atoms with Crippen molar-refractivity contribution in [2.45, 2.75) is 20.5 Å². The molecule has 5 aromatic rings. The van der Waals surface area contributed by atoms with Gasteiger partial charge < -0.3 is 9.72 Å². The topological polar surface area (TPSA) is 81.0 Å². The van der Waals surface area contributed by atoms with Crippen LogP contribution >= 0.6 is 0 Å². The number of benzene rings is 1. The van der Waals surface area contributed by atoms with Crippen LogP contribution in [-0.4, -0.2) is 29.5 Å². The molecule has 0 aliphatic heterocycles. The van der Waals surface area contributed by atoms with Crippen molar-refractivity contribution in [1.82, 2.24) is 29.5 Å². The number of imidazole rings is 1. The van der Waals surface area contributed by atoms with Gasteiger partial charge in [0, 0.05) is 17.5 Å². The number of H-pyrrole nitrogens is 1. The molecule has 0 radical (unpaired) electrons. The summed E-state index contributed by atoms with van der Waals surface area (Å²) >= 11 is 0. The smallest absolute Gasteiger partial charge is 0.155 e. The summed E-state index contributed by atoms with van der Waals surface area (Å²) in [5, 5.41) is 4.24. The summed E-state index contributed by atoms with van der Waals surface area (Å²) < 4.78 is 7.69. The number of nitrogens with zero attached hydrogens (tertiary/aromatic N) is 5. The van der Waals surface area contributed by atoms with E-state index >= 15 is 0 Å². The standard InChI is InChI=1S/C23H20N6O/c1-15-5-3-7-18(11-15)30-13-20-27-22(17-9-10-21-24-14-25-29(21)12-17)23(28-20)19-8-4-6-16(2)26-19/h3-12,14H,13H2,1-2H3,(H,27,28). The van der Waals surface area contributed by atoms with Crippen LogP contribution in [0.1, 0.15) is 17.1 Å². The summed E-state index contributed by atoms with van der Waals surface area (Å²) in [5.41, 5.74) is 6.28. The second-order valence-corrected chi connectivity index (χ2v) is 7.16. The fraction of sp³-hybridized carbons (Fsp3) is 0.130. The third-order valence-electron chi connectivity index (χ3n) is 4.81. The number of hydrogen-bond donors (Lipinski definition) is 1. The van der Waals surface area contributed by atoms with E-state index in [4.69, 9.17) is 9.72 Å². The number of hydrogen-bond acceptors (Lipinski definition) is 5. The van der Waals surface area contributed by atoms with Crippen molar-refractivity contribution >= 4 is 5.65 Å². The van der Waals surface area contributed by atoms with E-state index in [1.807, 2.05) is 74.6 Å². The Labute approximate surface area is 173 Å². The SMILES string of the molecule is Cc1cccc(OCc2nc(-c3ccc4ncnn4c3)c(-c3cccc(C)n3)[nH]2)c1. The maximum Gasteiger partial charge on any atom is 0.155 e. The van der Waals surface area contributed by atoms with Crippen LogP contribution in [0.2, 0.25) is 0 Å². The number of nitrogens with one attached hydrogen (secondary N) is 1. The average Bonchev–Trinajstić information content (AvgIpc) is 3.39. The van der Waals surface area contributed by atoms with Crippen LogP contribution in [-0.2, 0) is 6.61 Å². The Bertz CT molecular complexity index is 1340. The van der Waals surface area contributed by atoms with Gasteiger partial charge in [0.1, 0.15) is 24.5 Å². The van der Waals surface area contributed by atoms with E-state index in [2.05, 4.69) is 20.1 Å². The summed E-state index contributed by atoms with van der Waals surface area (Å²) in [6.45, 7) is 4.34. The minimum Gasteiger partial charge on any atom is -0.486 e. The number of aromatic nitrogens is 6. The third kappa shape index (κ3) is 3.53. The Morgan fingerprint density at radius 1 is 1.00 bits per heavy atom. The molecule has 0 spiro atoms. The highest BCUT2D eigenvalue weighted by atomic mass is 16.5. The second kappa shape index (κ2) is 7.44. The minimum atomic E-state index is 0.327. The fourth-order valence-corrected chi connectivity index (χ4v) is 3.38. The first-order chi connectivity index (χ1) is 14.7. The van der Waals surface area contributed by atoms with Gasteiger partial charge in [0.05, 0.1) is 17.1 Å². The lowest BCUT2D eigenvalue weighted by Gasteiger charge is -2.04. The molecule has 5 rings (SSSR count). The highest BCUT2D eigenvalue weighted by molar-refractivity contribution is 5.77. The summed E-state index contributed by atoms with van der Waals surface area (Å²) in [6.07, 6.45) is 3.46. The van der Waals surface area contributed by atoms with E-state index < -0.39 is 0 Å². The lowest BCUT2D eigenvalue weighted by atomic mass is 10.1. The van der Waals surface area contributed by atoms with E-state index in [1.54, 1.807) is 4.52 Å². The average molecular weight is 396 g/mol. The molecular formula is C23H20N6O. The summed E-state index contributed by atoms with van der Waals surface area (Å²) in [5.74, 6) is 1.54. The molecule has 0 saturated heterocycles. The number of ether oxygens (including phenoxy) is 1. The molecule has 0 saturated carbocycles. The maximum atomic E-state index is 5.95. The summed E-state index contributed by atoms with van der Waals surface area (Å²) in [4.78, 5) is 17.1. The zero-order valence-corrected chi connectivity index (χ0v) is 16.7. The minimum absolute atomic E-state index is 0.327. The van der Waals surface area contributed by atoms with Crippen molar-refractivity contribution < 1.29 is 4.74 Å². The first kappa shape index (κ1) is 18.1. The monoisotopic (exact) mass is 396 g/mol. The molecule has 7 heteroatoms. The molecule has 1 N–H and O–H groups in total. The molecule has 0 aliphatic rings. The number of pyridine rings is 2. The van der Waals surface area contributed by atoms with Crippen LogP contribution in [0, 0.1) is 13.8 Å². The van der Waals surface area contributed by atoms with Gasteiger partial charge in [-0.1, -0.05) is 18.2 Å². The van der Waals surface area contributed by atoms with Gasteiger partial charge in [-0.15, -0.1) is 0 Å². The molecule has 0 fully saturated rings. The van der Waals surface area contributed by atoms with Crippen molar-refractivity contribution in [3.63, 3.8) is 0 Å². The van der Waals surface area contributed by atoms with Gasteiger partial charge in [0.2, 0.25) is 0 Å². The molecule has 0 amide bonds. The van der Waals surface area contributed by atoms with Crippen molar-refractivity contribution in [2.75, 3.05) is 0 Å². The number of aryl methyl sites for hydroxylation is 2. The van der Waals surface area contributed by atoms with Crippen LogP contribution in [0.4, 0.5) is 0 Å².